The third-order valence-corrected chi connectivity index (χ3v) is 7.17. The number of aromatic nitrogens is 5. The van der Waals surface area contributed by atoms with E-state index in [1.54, 1.807) is 6.26 Å². The van der Waals surface area contributed by atoms with E-state index >= 15 is 0 Å². The Morgan fingerprint density at radius 3 is 2.74 bits per heavy atom. The smallest absolute Gasteiger partial charge is 0.252 e. The molecule has 3 aromatic heterocycles. The lowest BCUT2D eigenvalue weighted by Crippen LogP contribution is -2.43. The van der Waals surface area contributed by atoms with Crippen molar-refractivity contribution in [2.45, 2.75) is 78.0 Å². The van der Waals surface area contributed by atoms with Crippen LogP contribution in [0.4, 0.5) is 0 Å². The molecule has 1 aromatic carbocycles. The molecule has 5 rings (SSSR count). The third-order valence-electron chi connectivity index (χ3n) is 7.17. The molecule has 4 aromatic rings. The molecular weight excluding hydrogens is 440 g/mol. The first kappa shape index (κ1) is 23.5. The van der Waals surface area contributed by atoms with Crippen molar-refractivity contribution in [2.75, 3.05) is 0 Å². The number of benzene rings is 1. The molecule has 1 aliphatic rings. The lowest BCUT2D eigenvalue weighted by atomic mass is 9.90. The standard InChI is InChI=1S/C27H34N6O2/c1-18(2)25(26-29-30-31-33(26)17-23-10-7-13-35-23)32(22-8-5-4-6-9-22)16-21-15-20-14-19(3)11-12-24(20)28-27(21)34/h7,10-15,18,22,25H,4-6,8-9,16-17H2,1-3H3,(H,28,34). The molecule has 1 aliphatic carbocycles. The Morgan fingerprint density at radius 2 is 2.00 bits per heavy atom. The number of nitrogens with one attached hydrogen (secondary N) is 1. The minimum atomic E-state index is -0.0318. The molecule has 1 atom stereocenters. The van der Waals surface area contributed by atoms with Crippen LogP contribution in [0.5, 0.6) is 0 Å². The van der Waals surface area contributed by atoms with Gasteiger partial charge in [-0.2, -0.15) is 0 Å². The van der Waals surface area contributed by atoms with Gasteiger partial charge >= 0.3 is 0 Å². The van der Waals surface area contributed by atoms with Crippen molar-refractivity contribution in [1.29, 1.82) is 0 Å². The fraction of sp³-hybridized carbons (Fsp3) is 0.481. The summed E-state index contributed by atoms with van der Waals surface area (Å²) in [6.07, 6.45) is 7.58. The quantitative estimate of drug-likeness (QED) is 0.386. The van der Waals surface area contributed by atoms with E-state index in [4.69, 9.17) is 4.42 Å². The maximum absolute atomic E-state index is 13.2. The van der Waals surface area contributed by atoms with Crippen molar-refractivity contribution in [3.05, 3.63) is 75.7 Å². The Bertz CT molecular complexity index is 1320. The van der Waals surface area contributed by atoms with Crippen molar-refractivity contribution >= 4 is 10.9 Å². The largest absolute Gasteiger partial charge is 0.467 e. The van der Waals surface area contributed by atoms with Gasteiger partial charge in [0.1, 0.15) is 12.3 Å². The Morgan fingerprint density at radius 1 is 1.17 bits per heavy atom. The maximum Gasteiger partial charge on any atom is 0.252 e. The number of hydrogen-bond donors (Lipinski definition) is 1. The summed E-state index contributed by atoms with van der Waals surface area (Å²) in [6.45, 7) is 7.53. The molecule has 1 unspecified atom stereocenters. The van der Waals surface area contributed by atoms with E-state index in [9.17, 15) is 4.79 Å². The first-order chi connectivity index (χ1) is 17.0. The second-order valence-corrected chi connectivity index (χ2v) is 10.1. The van der Waals surface area contributed by atoms with Gasteiger partial charge in [0.05, 0.1) is 12.3 Å². The van der Waals surface area contributed by atoms with E-state index in [0.29, 0.717) is 19.1 Å². The minimum Gasteiger partial charge on any atom is -0.467 e. The fourth-order valence-electron chi connectivity index (χ4n) is 5.47. The van der Waals surface area contributed by atoms with Gasteiger partial charge in [-0.1, -0.05) is 44.7 Å². The maximum atomic E-state index is 13.2. The van der Waals surface area contributed by atoms with Crippen LogP contribution >= 0.6 is 0 Å². The van der Waals surface area contributed by atoms with Crippen LogP contribution in [0.1, 0.15) is 74.7 Å². The Labute approximate surface area is 205 Å². The average Bonchev–Trinajstić information content (AvgIpc) is 3.52. The van der Waals surface area contributed by atoms with Crippen LogP contribution in [0.25, 0.3) is 10.9 Å². The van der Waals surface area contributed by atoms with E-state index in [1.807, 2.05) is 28.9 Å². The molecule has 1 N–H and O–H groups in total. The molecule has 0 saturated heterocycles. The summed E-state index contributed by atoms with van der Waals surface area (Å²) in [5.41, 5.74) is 2.80. The number of H-pyrrole nitrogens is 1. The van der Waals surface area contributed by atoms with E-state index in [2.05, 4.69) is 58.3 Å². The summed E-state index contributed by atoms with van der Waals surface area (Å²) in [7, 11) is 0. The van der Waals surface area contributed by atoms with Crippen LogP contribution in [0, 0.1) is 12.8 Å². The number of hydrogen-bond acceptors (Lipinski definition) is 6. The van der Waals surface area contributed by atoms with Crippen LogP contribution in [0.3, 0.4) is 0 Å². The van der Waals surface area contributed by atoms with Gasteiger partial charge < -0.3 is 9.40 Å². The van der Waals surface area contributed by atoms with Crippen LogP contribution in [0.2, 0.25) is 0 Å². The molecule has 8 heteroatoms. The second-order valence-electron chi connectivity index (χ2n) is 10.1. The normalized spacial score (nSPS) is 15.9. The highest BCUT2D eigenvalue weighted by atomic mass is 16.3. The highest BCUT2D eigenvalue weighted by Gasteiger charge is 2.35. The first-order valence-electron chi connectivity index (χ1n) is 12.7. The van der Waals surface area contributed by atoms with Gasteiger partial charge in [0.2, 0.25) is 0 Å². The molecular formula is C27H34N6O2. The Balaban J connectivity index is 1.54. The Kier molecular flexibility index (Phi) is 6.81. The summed E-state index contributed by atoms with van der Waals surface area (Å²) in [5, 5.41) is 13.9. The number of rotatable bonds is 8. The summed E-state index contributed by atoms with van der Waals surface area (Å²) < 4.78 is 7.41. The molecule has 0 spiro atoms. The zero-order valence-electron chi connectivity index (χ0n) is 20.8. The number of nitrogens with zero attached hydrogens (tertiary/aromatic N) is 5. The average molecular weight is 475 g/mol. The van der Waals surface area contributed by atoms with Crippen LogP contribution in [0.15, 0.2) is 51.9 Å². The second kappa shape index (κ2) is 10.2. The topological polar surface area (TPSA) is 92.8 Å². The minimum absolute atomic E-state index is 0.0279. The lowest BCUT2D eigenvalue weighted by Gasteiger charge is -2.41. The predicted molar refractivity (Wildman–Crippen MR) is 135 cm³/mol. The van der Waals surface area contributed by atoms with Gasteiger partial charge in [0, 0.05) is 23.7 Å². The van der Waals surface area contributed by atoms with Crippen molar-refractivity contribution in [3.63, 3.8) is 0 Å². The van der Waals surface area contributed by atoms with Crippen LogP contribution < -0.4 is 5.56 Å². The molecule has 0 amide bonds. The van der Waals surface area contributed by atoms with Crippen molar-refractivity contribution in [2.24, 2.45) is 5.92 Å². The van der Waals surface area contributed by atoms with Crippen molar-refractivity contribution < 1.29 is 4.42 Å². The number of aryl methyl sites for hydroxylation is 1. The third kappa shape index (κ3) is 5.07. The molecule has 1 saturated carbocycles. The number of tetrazole rings is 1. The van der Waals surface area contributed by atoms with Crippen molar-refractivity contribution in [1.82, 2.24) is 30.1 Å². The van der Waals surface area contributed by atoms with Gasteiger partial charge in [0.25, 0.3) is 5.56 Å². The number of pyridine rings is 1. The lowest BCUT2D eigenvalue weighted by molar-refractivity contribution is 0.0610. The first-order valence-corrected chi connectivity index (χ1v) is 12.7. The molecule has 0 bridgehead atoms. The molecule has 8 nitrogen and oxygen atoms in total. The van der Waals surface area contributed by atoms with Crippen LogP contribution in [-0.2, 0) is 13.1 Å². The summed E-state index contributed by atoms with van der Waals surface area (Å²) in [6, 6.07) is 12.3. The predicted octanol–water partition coefficient (Wildman–Crippen LogP) is 5.00. The van der Waals surface area contributed by atoms with Crippen molar-refractivity contribution in [3.8, 4) is 0 Å². The molecule has 1 fully saturated rings. The molecule has 35 heavy (non-hydrogen) atoms. The number of aromatic amines is 1. The number of fused-ring (bicyclic) bond motifs is 1. The van der Waals surface area contributed by atoms with Gasteiger partial charge in [-0.25, -0.2) is 4.68 Å². The molecule has 0 radical (unpaired) electrons. The molecule has 3 heterocycles. The summed E-state index contributed by atoms with van der Waals surface area (Å²) in [4.78, 5) is 18.7. The van der Waals surface area contributed by atoms with Crippen LogP contribution in [-0.4, -0.2) is 36.1 Å². The summed E-state index contributed by atoms with van der Waals surface area (Å²) in [5.74, 6) is 1.88. The van der Waals surface area contributed by atoms with E-state index in [-0.39, 0.29) is 17.5 Å². The van der Waals surface area contributed by atoms with E-state index < -0.39 is 0 Å². The zero-order valence-corrected chi connectivity index (χ0v) is 20.8. The Hall–Kier alpha value is -3.26. The van der Waals surface area contributed by atoms with Gasteiger partial charge in [-0.15, -0.1) is 5.10 Å². The van der Waals surface area contributed by atoms with E-state index in [0.717, 1.165) is 40.9 Å². The monoisotopic (exact) mass is 474 g/mol. The van der Waals surface area contributed by atoms with Gasteiger partial charge in [-0.05, 0) is 71.8 Å². The zero-order chi connectivity index (χ0) is 24.4. The van der Waals surface area contributed by atoms with E-state index in [1.165, 1.54) is 24.8 Å². The fourth-order valence-corrected chi connectivity index (χ4v) is 5.47. The summed E-state index contributed by atoms with van der Waals surface area (Å²) >= 11 is 0. The SMILES string of the molecule is Cc1ccc2[nH]c(=O)c(CN(C3CCCCC3)C(c3nnnn3Cc3ccco3)C(C)C)cc2c1. The molecule has 184 valence electrons. The highest BCUT2D eigenvalue weighted by Crippen LogP contribution is 2.35. The van der Waals surface area contributed by atoms with Gasteiger partial charge in [0.15, 0.2) is 5.82 Å². The van der Waals surface area contributed by atoms with Gasteiger partial charge in [-0.3, -0.25) is 9.69 Å². The number of furan rings is 1. The highest BCUT2D eigenvalue weighted by molar-refractivity contribution is 5.79. The molecule has 0 aliphatic heterocycles.